The average Bonchev–Trinajstić information content (AvgIpc) is 3.09. The van der Waals surface area contributed by atoms with E-state index in [4.69, 9.17) is 0 Å². The van der Waals surface area contributed by atoms with E-state index in [-0.39, 0.29) is 11.9 Å². The van der Waals surface area contributed by atoms with Gasteiger partial charge in [-0.1, -0.05) is 60.7 Å². The molecule has 0 aliphatic carbocycles. The van der Waals surface area contributed by atoms with Crippen LogP contribution in [0.5, 0.6) is 0 Å². The predicted octanol–water partition coefficient (Wildman–Crippen LogP) is 3.53. The van der Waals surface area contributed by atoms with E-state index in [1.807, 2.05) is 60.7 Å². The number of aromatic amines is 1. The molecule has 104 valence electrons. The molecule has 1 amide bonds. The number of benzene rings is 2. The lowest BCUT2D eigenvalue weighted by Gasteiger charge is -2.19. The van der Waals surface area contributed by atoms with Gasteiger partial charge in [-0.05, 0) is 17.2 Å². The van der Waals surface area contributed by atoms with Crippen molar-refractivity contribution in [3.63, 3.8) is 0 Å². The fraction of sp³-hybridized carbons (Fsp3) is 0.0556. The van der Waals surface area contributed by atoms with Gasteiger partial charge in [0.2, 0.25) is 0 Å². The monoisotopic (exact) mass is 276 g/mol. The minimum Gasteiger partial charge on any atom is -0.367 e. The fourth-order valence-corrected chi connectivity index (χ4v) is 2.33. The molecule has 3 heteroatoms. The maximum Gasteiger partial charge on any atom is 0.253 e. The second-order valence-corrected chi connectivity index (χ2v) is 4.83. The van der Waals surface area contributed by atoms with E-state index in [0.717, 1.165) is 11.1 Å². The molecule has 0 atom stereocenters. The van der Waals surface area contributed by atoms with Gasteiger partial charge in [0.1, 0.15) is 0 Å². The standard InChI is InChI=1S/C18H16N2O/c21-18(16-11-12-19-13-16)20-17(14-7-3-1-4-8-14)15-9-5-2-6-10-15/h1-13,17,19H,(H,20,21). The summed E-state index contributed by atoms with van der Waals surface area (Å²) in [6.07, 6.45) is 3.44. The van der Waals surface area contributed by atoms with E-state index in [0.29, 0.717) is 5.56 Å². The summed E-state index contributed by atoms with van der Waals surface area (Å²) in [5, 5.41) is 3.09. The molecule has 3 nitrogen and oxygen atoms in total. The maximum absolute atomic E-state index is 12.3. The first-order valence-corrected chi connectivity index (χ1v) is 6.88. The summed E-state index contributed by atoms with van der Waals surface area (Å²) in [5.41, 5.74) is 2.76. The SMILES string of the molecule is O=C(NC(c1ccccc1)c1ccccc1)c1cc[nH]c1. The molecule has 3 rings (SSSR count). The number of aromatic nitrogens is 1. The first-order chi connectivity index (χ1) is 10.3. The molecule has 0 spiro atoms. The smallest absolute Gasteiger partial charge is 0.253 e. The topological polar surface area (TPSA) is 44.9 Å². The van der Waals surface area contributed by atoms with Crippen molar-refractivity contribution in [2.75, 3.05) is 0 Å². The molecule has 0 saturated heterocycles. The molecular formula is C18H16N2O. The van der Waals surface area contributed by atoms with E-state index in [1.54, 1.807) is 18.5 Å². The van der Waals surface area contributed by atoms with Crippen LogP contribution in [0.2, 0.25) is 0 Å². The Labute approximate surface area is 123 Å². The van der Waals surface area contributed by atoms with Gasteiger partial charge in [-0.25, -0.2) is 0 Å². The molecule has 0 aliphatic heterocycles. The van der Waals surface area contributed by atoms with Crippen LogP contribution in [0.15, 0.2) is 79.1 Å². The summed E-state index contributed by atoms with van der Waals surface area (Å²) >= 11 is 0. The largest absolute Gasteiger partial charge is 0.367 e. The lowest BCUT2D eigenvalue weighted by molar-refractivity contribution is 0.0943. The highest BCUT2D eigenvalue weighted by Crippen LogP contribution is 2.22. The molecule has 2 aromatic carbocycles. The molecule has 3 aromatic rings. The van der Waals surface area contributed by atoms with Crippen LogP contribution in [0, 0.1) is 0 Å². The van der Waals surface area contributed by atoms with Crippen molar-refractivity contribution in [3.8, 4) is 0 Å². The fourth-order valence-electron chi connectivity index (χ4n) is 2.33. The minimum absolute atomic E-state index is 0.0889. The highest BCUT2D eigenvalue weighted by Gasteiger charge is 2.17. The van der Waals surface area contributed by atoms with Crippen molar-refractivity contribution in [3.05, 3.63) is 95.8 Å². The zero-order valence-electron chi connectivity index (χ0n) is 11.5. The Morgan fingerprint density at radius 3 is 1.90 bits per heavy atom. The third-order valence-corrected chi connectivity index (χ3v) is 3.40. The number of rotatable bonds is 4. The highest BCUT2D eigenvalue weighted by molar-refractivity contribution is 5.94. The summed E-state index contributed by atoms with van der Waals surface area (Å²) in [6.45, 7) is 0. The molecule has 0 unspecified atom stereocenters. The molecule has 0 bridgehead atoms. The number of hydrogen-bond donors (Lipinski definition) is 2. The lowest BCUT2D eigenvalue weighted by atomic mass is 9.98. The van der Waals surface area contributed by atoms with Gasteiger partial charge in [-0.3, -0.25) is 4.79 Å². The number of nitrogens with one attached hydrogen (secondary N) is 2. The highest BCUT2D eigenvalue weighted by atomic mass is 16.1. The first kappa shape index (κ1) is 13.2. The van der Waals surface area contributed by atoms with Gasteiger partial charge in [-0.15, -0.1) is 0 Å². The first-order valence-electron chi connectivity index (χ1n) is 6.88. The van der Waals surface area contributed by atoms with Crippen LogP contribution in [0.4, 0.5) is 0 Å². The second kappa shape index (κ2) is 6.09. The van der Waals surface area contributed by atoms with Crippen molar-refractivity contribution in [2.45, 2.75) is 6.04 Å². The number of amides is 1. The molecule has 0 radical (unpaired) electrons. The van der Waals surface area contributed by atoms with Gasteiger partial charge in [0.15, 0.2) is 0 Å². The Bertz CT molecular complexity index is 651. The number of hydrogen-bond acceptors (Lipinski definition) is 1. The van der Waals surface area contributed by atoms with Crippen LogP contribution in [0.1, 0.15) is 27.5 Å². The number of H-pyrrole nitrogens is 1. The van der Waals surface area contributed by atoms with E-state index in [2.05, 4.69) is 10.3 Å². The Morgan fingerprint density at radius 1 is 0.857 bits per heavy atom. The van der Waals surface area contributed by atoms with Crippen LogP contribution in [0.3, 0.4) is 0 Å². The third kappa shape index (κ3) is 3.03. The lowest BCUT2D eigenvalue weighted by Crippen LogP contribution is -2.29. The molecule has 2 N–H and O–H groups in total. The van der Waals surface area contributed by atoms with Gasteiger partial charge < -0.3 is 10.3 Å². The van der Waals surface area contributed by atoms with Crippen molar-refractivity contribution in [2.24, 2.45) is 0 Å². The molecule has 1 aromatic heterocycles. The summed E-state index contributed by atoms with van der Waals surface area (Å²) < 4.78 is 0. The summed E-state index contributed by atoms with van der Waals surface area (Å²) in [6, 6.07) is 21.6. The maximum atomic E-state index is 12.3. The van der Waals surface area contributed by atoms with Crippen LogP contribution >= 0.6 is 0 Å². The average molecular weight is 276 g/mol. The summed E-state index contributed by atoms with van der Waals surface area (Å²) in [5.74, 6) is -0.0889. The van der Waals surface area contributed by atoms with Gasteiger partial charge in [0.05, 0.1) is 11.6 Å². The summed E-state index contributed by atoms with van der Waals surface area (Å²) in [4.78, 5) is 15.2. The molecule has 1 heterocycles. The van der Waals surface area contributed by atoms with E-state index in [1.165, 1.54) is 0 Å². The zero-order chi connectivity index (χ0) is 14.5. The molecular weight excluding hydrogens is 260 g/mol. The third-order valence-electron chi connectivity index (χ3n) is 3.40. The van der Waals surface area contributed by atoms with Gasteiger partial charge >= 0.3 is 0 Å². The van der Waals surface area contributed by atoms with Gasteiger partial charge in [0.25, 0.3) is 5.91 Å². The Balaban J connectivity index is 1.92. The van der Waals surface area contributed by atoms with Gasteiger partial charge in [-0.2, -0.15) is 0 Å². The van der Waals surface area contributed by atoms with Gasteiger partial charge in [0, 0.05) is 12.4 Å². The second-order valence-electron chi connectivity index (χ2n) is 4.83. The van der Waals surface area contributed by atoms with Crippen molar-refractivity contribution < 1.29 is 4.79 Å². The van der Waals surface area contributed by atoms with E-state index >= 15 is 0 Å². The van der Waals surface area contributed by atoms with Crippen LogP contribution in [-0.4, -0.2) is 10.9 Å². The van der Waals surface area contributed by atoms with Crippen LogP contribution < -0.4 is 5.32 Å². The summed E-state index contributed by atoms with van der Waals surface area (Å²) in [7, 11) is 0. The predicted molar refractivity (Wildman–Crippen MR) is 83.0 cm³/mol. The minimum atomic E-state index is -0.158. The van der Waals surface area contributed by atoms with E-state index < -0.39 is 0 Å². The molecule has 0 saturated carbocycles. The van der Waals surface area contributed by atoms with Crippen LogP contribution in [0.25, 0.3) is 0 Å². The normalized spacial score (nSPS) is 10.5. The van der Waals surface area contributed by atoms with Crippen molar-refractivity contribution >= 4 is 5.91 Å². The zero-order valence-corrected chi connectivity index (χ0v) is 11.5. The Hall–Kier alpha value is -2.81. The van der Waals surface area contributed by atoms with Crippen molar-refractivity contribution in [1.82, 2.24) is 10.3 Å². The Kier molecular flexibility index (Phi) is 3.83. The Morgan fingerprint density at radius 2 is 1.43 bits per heavy atom. The van der Waals surface area contributed by atoms with Crippen LogP contribution in [-0.2, 0) is 0 Å². The molecule has 0 fully saturated rings. The number of carbonyl (C=O) groups is 1. The van der Waals surface area contributed by atoms with E-state index in [9.17, 15) is 4.79 Å². The number of carbonyl (C=O) groups excluding carboxylic acids is 1. The quantitative estimate of drug-likeness (QED) is 0.752. The molecule has 0 aliphatic rings. The van der Waals surface area contributed by atoms with Crippen molar-refractivity contribution in [1.29, 1.82) is 0 Å². The molecule has 21 heavy (non-hydrogen) atoms.